The maximum Gasteiger partial charge on any atom is 0.387 e. The number of nitrogens with one attached hydrogen (secondary N) is 1. The first kappa shape index (κ1) is 19.9. The van der Waals surface area contributed by atoms with E-state index in [1.54, 1.807) is 0 Å². The van der Waals surface area contributed by atoms with Crippen LogP contribution >= 0.6 is 0 Å². The molecule has 0 aliphatic carbocycles. The van der Waals surface area contributed by atoms with Crippen LogP contribution in [0.4, 0.5) is 18.9 Å². The van der Waals surface area contributed by atoms with Crippen molar-refractivity contribution in [3.63, 3.8) is 0 Å². The fraction of sp³-hybridized carbons (Fsp3) is 0.286. The number of hydrogen-bond donors (Lipinski definition) is 1. The van der Waals surface area contributed by atoms with E-state index in [1.165, 1.54) is 42.5 Å². The van der Waals surface area contributed by atoms with Crippen molar-refractivity contribution in [2.75, 3.05) is 5.32 Å². The predicted molar refractivity (Wildman–Crippen MR) is 104 cm³/mol. The molecule has 0 atom stereocenters. The highest BCUT2D eigenvalue weighted by molar-refractivity contribution is 6.04. The number of hydrogen-bond acceptors (Lipinski definition) is 4. The molecule has 1 aliphatic rings. The molecule has 0 spiro atoms. The van der Waals surface area contributed by atoms with Gasteiger partial charge in [0.1, 0.15) is 17.4 Å². The second-order valence-electron chi connectivity index (χ2n) is 6.95. The van der Waals surface area contributed by atoms with Gasteiger partial charge in [-0.15, -0.1) is 10.2 Å². The lowest BCUT2D eigenvalue weighted by Gasteiger charge is -2.11. The van der Waals surface area contributed by atoms with Crippen LogP contribution in [-0.4, -0.2) is 27.3 Å². The van der Waals surface area contributed by atoms with E-state index in [0.29, 0.717) is 11.5 Å². The average molecular weight is 416 g/mol. The van der Waals surface area contributed by atoms with Gasteiger partial charge in [0.05, 0.1) is 5.56 Å². The Morgan fingerprint density at radius 1 is 1.07 bits per heavy atom. The molecule has 0 saturated heterocycles. The first-order valence-corrected chi connectivity index (χ1v) is 9.59. The van der Waals surface area contributed by atoms with Crippen LogP contribution in [0.1, 0.15) is 35.4 Å². The average Bonchev–Trinajstić information content (AvgIpc) is 2.97. The number of aryl methyl sites for hydroxylation is 1. The summed E-state index contributed by atoms with van der Waals surface area (Å²) in [5.74, 6) is 0.312. The lowest BCUT2D eigenvalue weighted by atomic mass is 10.1. The molecule has 0 unspecified atom stereocenters. The molecule has 2 heterocycles. The Kier molecular flexibility index (Phi) is 5.69. The van der Waals surface area contributed by atoms with Gasteiger partial charge in [-0.1, -0.05) is 6.42 Å². The van der Waals surface area contributed by atoms with E-state index in [9.17, 15) is 18.0 Å². The van der Waals surface area contributed by atoms with E-state index in [4.69, 9.17) is 0 Å². The van der Waals surface area contributed by atoms with Crippen LogP contribution in [0, 0.1) is 5.82 Å². The number of rotatable bonds is 5. The van der Waals surface area contributed by atoms with Gasteiger partial charge < -0.3 is 14.6 Å². The Hall–Kier alpha value is -3.36. The summed E-state index contributed by atoms with van der Waals surface area (Å²) < 4.78 is 45.2. The van der Waals surface area contributed by atoms with Crippen molar-refractivity contribution in [3.8, 4) is 17.1 Å². The number of carbonyl (C=O) groups is 1. The second kappa shape index (κ2) is 8.56. The van der Waals surface area contributed by atoms with E-state index in [-0.39, 0.29) is 16.9 Å². The highest BCUT2D eigenvalue weighted by atomic mass is 19.3. The molecule has 1 amide bonds. The van der Waals surface area contributed by atoms with Gasteiger partial charge >= 0.3 is 6.61 Å². The number of benzene rings is 2. The van der Waals surface area contributed by atoms with Crippen LogP contribution in [-0.2, 0) is 13.0 Å². The van der Waals surface area contributed by atoms with Gasteiger partial charge in [0.2, 0.25) is 0 Å². The fourth-order valence-electron chi connectivity index (χ4n) is 3.45. The maximum absolute atomic E-state index is 14.5. The largest absolute Gasteiger partial charge is 0.435 e. The molecule has 2 aromatic carbocycles. The number of alkyl halides is 2. The molecule has 4 rings (SSSR count). The van der Waals surface area contributed by atoms with Crippen LogP contribution in [0.2, 0.25) is 0 Å². The van der Waals surface area contributed by atoms with Gasteiger partial charge in [0.15, 0.2) is 5.82 Å². The van der Waals surface area contributed by atoms with Crippen LogP contribution in [0.3, 0.4) is 0 Å². The van der Waals surface area contributed by atoms with E-state index < -0.39 is 18.3 Å². The van der Waals surface area contributed by atoms with E-state index >= 15 is 0 Å². The molecule has 1 N–H and O–H groups in total. The Bertz CT molecular complexity index is 1050. The van der Waals surface area contributed by atoms with E-state index in [0.717, 1.165) is 38.1 Å². The van der Waals surface area contributed by atoms with Crippen LogP contribution < -0.4 is 10.1 Å². The van der Waals surface area contributed by atoms with Crippen molar-refractivity contribution in [1.29, 1.82) is 0 Å². The molecule has 0 radical (unpaired) electrons. The molecule has 0 fully saturated rings. The topological polar surface area (TPSA) is 69.0 Å². The Balaban J connectivity index is 1.55. The van der Waals surface area contributed by atoms with Crippen LogP contribution in [0.15, 0.2) is 42.5 Å². The molecule has 156 valence electrons. The zero-order valence-corrected chi connectivity index (χ0v) is 15.9. The number of ether oxygens (including phenoxy) is 1. The smallest absolute Gasteiger partial charge is 0.387 e. The van der Waals surface area contributed by atoms with Crippen molar-refractivity contribution < 1.29 is 22.7 Å². The van der Waals surface area contributed by atoms with Crippen molar-refractivity contribution in [2.45, 2.75) is 38.8 Å². The number of fused-ring (bicyclic) bond motifs is 1. The first-order valence-electron chi connectivity index (χ1n) is 9.59. The standard InChI is InChI=1S/C21H19F3N4O2/c22-17-10-7-14(25-20(29)13-5-8-15(9-6-13)30-21(23)24)12-16(17)19-27-26-18-4-2-1-3-11-28(18)19/h5-10,12,21H,1-4,11H2,(H,25,29). The molecular weight excluding hydrogens is 397 g/mol. The van der Waals surface area contributed by atoms with Gasteiger partial charge in [0, 0.05) is 24.2 Å². The number of nitrogens with zero attached hydrogens (tertiary/aromatic N) is 3. The van der Waals surface area contributed by atoms with Crippen molar-refractivity contribution in [1.82, 2.24) is 14.8 Å². The summed E-state index contributed by atoms with van der Waals surface area (Å²) in [5, 5.41) is 11.1. The number of halogens is 3. The molecule has 1 aromatic heterocycles. The van der Waals surface area contributed by atoms with Gasteiger partial charge in [-0.2, -0.15) is 8.78 Å². The Morgan fingerprint density at radius 3 is 2.63 bits per heavy atom. The summed E-state index contributed by atoms with van der Waals surface area (Å²) in [4.78, 5) is 12.5. The highest BCUT2D eigenvalue weighted by Gasteiger charge is 2.19. The number of aromatic nitrogens is 3. The summed E-state index contributed by atoms with van der Waals surface area (Å²) in [6.07, 6.45) is 3.89. The summed E-state index contributed by atoms with van der Waals surface area (Å²) in [5.41, 5.74) is 0.892. The van der Waals surface area contributed by atoms with Gasteiger partial charge in [-0.05, 0) is 55.3 Å². The van der Waals surface area contributed by atoms with Gasteiger partial charge in [-0.25, -0.2) is 4.39 Å². The Labute approximate surface area is 170 Å². The molecular formula is C21H19F3N4O2. The minimum absolute atomic E-state index is 0.0434. The first-order chi connectivity index (χ1) is 14.5. The molecule has 30 heavy (non-hydrogen) atoms. The van der Waals surface area contributed by atoms with Crippen molar-refractivity contribution in [2.24, 2.45) is 0 Å². The summed E-state index contributed by atoms with van der Waals surface area (Å²) in [7, 11) is 0. The van der Waals surface area contributed by atoms with Crippen LogP contribution in [0.25, 0.3) is 11.4 Å². The summed E-state index contributed by atoms with van der Waals surface area (Å²) in [6, 6.07) is 9.54. The third-order valence-electron chi connectivity index (χ3n) is 4.92. The predicted octanol–water partition coefficient (Wildman–Crippen LogP) is 4.66. The molecule has 9 heteroatoms. The fourth-order valence-corrected chi connectivity index (χ4v) is 3.45. The van der Waals surface area contributed by atoms with Crippen molar-refractivity contribution >= 4 is 11.6 Å². The van der Waals surface area contributed by atoms with Crippen molar-refractivity contribution in [3.05, 3.63) is 59.7 Å². The van der Waals surface area contributed by atoms with Gasteiger partial charge in [0.25, 0.3) is 5.91 Å². The second-order valence-corrected chi connectivity index (χ2v) is 6.95. The quantitative estimate of drug-likeness (QED) is 0.657. The normalized spacial score (nSPS) is 13.6. The minimum Gasteiger partial charge on any atom is -0.435 e. The molecule has 0 bridgehead atoms. The Morgan fingerprint density at radius 2 is 1.87 bits per heavy atom. The molecule has 3 aromatic rings. The third-order valence-corrected chi connectivity index (χ3v) is 4.92. The SMILES string of the molecule is O=C(Nc1ccc(F)c(-c2nnc3n2CCCCC3)c1)c1ccc(OC(F)F)cc1. The molecule has 0 saturated carbocycles. The lowest BCUT2D eigenvalue weighted by molar-refractivity contribution is -0.0498. The number of anilines is 1. The highest BCUT2D eigenvalue weighted by Crippen LogP contribution is 2.28. The van der Waals surface area contributed by atoms with Gasteiger partial charge in [-0.3, -0.25) is 4.79 Å². The zero-order valence-electron chi connectivity index (χ0n) is 15.9. The minimum atomic E-state index is -2.94. The maximum atomic E-state index is 14.5. The monoisotopic (exact) mass is 416 g/mol. The summed E-state index contributed by atoms with van der Waals surface area (Å²) >= 11 is 0. The molecule has 1 aliphatic heterocycles. The van der Waals surface area contributed by atoms with E-state index in [2.05, 4.69) is 20.3 Å². The number of amides is 1. The zero-order chi connectivity index (χ0) is 21.1. The number of carbonyl (C=O) groups excluding carboxylic acids is 1. The summed E-state index contributed by atoms with van der Waals surface area (Å²) in [6.45, 7) is -2.21. The van der Waals surface area contributed by atoms with E-state index in [1.807, 2.05) is 4.57 Å². The lowest BCUT2D eigenvalue weighted by Crippen LogP contribution is -2.12. The third kappa shape index (κ3) is 4.29. The molecule has 6 nitrogen and oxygen atoms in total. The van der Waals surface area contributed by atoms with Crippen LogP contribution in [0.5, 0.6) is 5.75 Å².